The zero-order chi connectivity index (χ0) is 26.0. The first-order valence-electron chi connectivity index (χ1n) is 13.0. The normalized spacial score (nSPS) is 34.1. The van der Waals surface area contributed by atoms with Crippen LogP contribution in [0, 0.1) is 22.7 Å². The zero-order valence-corrected chi connectivity index (χ0v) is 23.5. The molecule has 1 N–H and O–H groups in total. The van der Waals surface area contributed by atoms with Crippen molar-refractivity contribution in [1.29, 1.82) is 0 Å². The molecule has 192 valence electrons. The van der Waals surface area contributed by atoms with Crippen LogP contribution in [0.3, 0.4) is 0 Å². The predicted octanol–water partition coefficient (Wildman–Crippen LogP) is 7.41. The third-order valence-corrected chi connectivity index (χ3v) is 7.49. The summed E-state index contributed by atoms with van der Waals surface area (Å²) in [6, 6.07) is 0. The van der Waals surface area contributed by atoms with Crippen molar-refractivity contribution in [3.05, 3.63) is 97.2 Å². The quantitative estimate of drug-likeness (QED) is 0.152. The van der Waals surface area contributed by atoms with Crippen molar-refractivity contribution in [2.24, 2.45) is 22.7 Å². The number of alkyl halides is 1. The van der Waals surface area contributed by atoms with Crippen LogP contribution < -0.4 is 5.32 Å². The van der Waals surface area contributed by atoms with Crippen molar-refractivity contribution in [3.63, 3.8) is 0 Å². The molecule has 4 atom stereocenters. The number of hydrogen-bond donors (Lipinski definition) is 1. The molecule has 2 aliphatic carbocycles. The van der Waals surface area contributed by atoms with Crippen molar-refractivity contribution in [1.82, 2.24) is 5.32 Å². The minimum Gasteiger partial charge on any atom is -0.318 e. The molecular weight excluding hydrogens is 448 g/mol. The Balaban J connectivity index is 0.00000210. The molecule has 1 heterocycles. The summed E-state index contributed by atoms with van der Waals surface area (Å²) >= 11 is 4.64. The van der Waals surface area contributed by atoms with Gasteiger partial charge < -0.3 is 9.80 Å². The van der Waals surface area contributed by atoms with Gasteiger partial charge in [-0.05, 0) is 25.8 Å². The van der Waals surface area contributed by atoms with E-state index < -0.39 is 0 Å². The molecule has 0 saturated carbocycles. The first-order chi connectivity index (χ1) is 16.7. The van der Waals surface area contributed by atoms with Gasteiger partial charge >= 0.3 is 0 Å². The van der Waals surface area contributed by atoms with Gasteiger partial charge in [0.2, 0.25) is 0 Å². The Bertz CT molecular complexity index is 893. The second-order valence-corrected chi connectivity index (χ2v) is 11.2. The number of piperidine rings is 1. The standard InChI is InChI=1S/C31H45N2.CH3Cl/c1-7-30(5)16-11-13-28(14-17-30)25-33(23-26(3)20-27(4)24-33)19-18-32-22-29-12-9-10-15-31(6,8-2)21-29;1-2/h7-17,21,26-27,32H,1-2,18-20,22-25H2,3-6H3;1H3/q+1;. The van der Waals surface area contributed by atoms with Gasteiger partial charge in [-0.3, -0.25) is 0 Å². The van der Waals surface area contributed by atoms with E-state index in [2.05, 4.69) is 119 Å². The molecule has 0 spiro atoms. The molecule has 1 saturated heterocycles. The summed E-state index contributed by atoms with van der Waals surface area (Å²) in [7, 11) is 0. The van der Waals surface area contributed by atoms with Crippen LogP contribution in [-0.2, 0) is 0 Å². The highest BCUT2D eigenvalue weighted by Gasteiger charge is 2.37. The second-order valence-electron chi connectivity index (χ2n) is 11.2. The van der Waals surface area contributed by atoms with Crippen molar-refractivity contribution in [3.8, 4) is 0 Å². The lowest BCUT2D eigenvalue weighted by Gasteiger charge is -2.46. The van der Waals surface area contributed by atoms with Gasteiger partial charge in [0.25, 0.3) is 0 Å². The molecular formula is C32H48ClN2+. The topological polar surface area (TPSA) is 12.0 Å². The number of quaternary nitrogens is 1. The van der Waals surface area contributed by atoms with Crippen molar-refractivity contribution in [2.75, 3.05) is 45.7 Å². The van der Waals surface area contributed by atoms with E-state index in [1.165, 1.54) is 41.5 Å². The minimum absolute atomic E-state index is 0.0537. The van der Waals surface area contributed by atoms with E-state index in [9.17, 15) is 0 Å². The minimum atomic E-state index is -0.0716. The average molecular weight is 496 g/mol. The molecule has 3 rings (SSSR count). The highest BCUT2D eigenvalue weighted by atomic mass is 35.5. The number of nitrogens with one attached hydrogen (secondary N) is 1. The molecule has 0 aromatic rings. The van der Waals surface area contributed by atoms with Crippen LogP contribution in [0.2, 0.25) is 0 Å². The fourth-order valence-electron chi connectivity index (χ4n) is 5.75. The van der Waals surface area contributed by atoms with Gasteiger partial charge in [0.05, 0.1) is 19.6 Å². The van der Waals surface area contributed by atoms with E-state index in [1.807, 2.05) is 12.2 Å². The number of nitrogens with zero attached hydrogens (tertiary/aromatic N) is 1. The molecule has 0 bridgehead atoms. The molecule has 0 amide bonds. The number of hydrogen-bond acceptors (Lipinski definition) is 1. The lowest BCUT2D eigenvalue weighted by atomic mass is 9.88. The SMILES string of the molecule is C=CC1(C)C=CC=C(C[N+]2(CCNCC3=CC(C)(C=C)C=CC=C3)CC(C)CC(C)C2)C=C1.CCl. The van der Waals surface area contributed by atoms with Gasteiger partial charge in [-0.2, -0.15) is 0 Å². The Morgan fingerprint density at radius 3 is 2.26 bits per heavy atom. The van der Waals surface area contributed by atoms with Gasteiger partial charge in [0.1, 0.15) is 6.54 Å². The number of allylic oxidation sites excluding steroid dienone is 10. The predicted molar refractivity (Wildman–Crippen MR) is 157 cm³/mol. The average Bonchev–Trinajstić information content (AvgIpc) is 3.14. The van der Waals surface area contributed by atoms with Crippen molar-refractivity contribution in [2.45, 2.75) is 34.1 Å². The van der Waals surface area contributed by atoms with Crippen molar-refractivity contribution < 1.29 is 4.48 Å². The summed E-state index contributed by atoms with van der Waals surface area (Å²) in [6.07, 6.45) is 29.3. The van der Waals surface area contributed by atoms with Crippen LogP contribution in [0.4, 0.5) is 0 Å². The molecule has 0 aromatic carbocycles. The maximum Gasteiger partial charge on any atom is 0.104 e. The Morgan fingerprint density at radius 2 is 1.60 bits per heavy atom. The molecule has 0 radical (unpaired) electrons. The third kappa shape index (κ3) is 8.94. The van der Waals surface area contributed by atoms with E-state index in [4.69, 9.17) is 0 Å². The van der Waals surface area contributed by atoms with E-state index in [0.29, 0.717) is 0 Å². The summed E-state index contributed by atoms with van der Waals surface area (Å²) in [6.45, 7) is 24.1. The summed E-state index contributed by atoms with van der Waals surface area (Å²) in [5, 5.41) is 3.76. The third-order valence-electron chi connectivity index (χ3n) is 7.49. The molecule has 2 nitrogen and oxygen atoms in total. The maximum atomic E-state index is 4.64. The maximum absolute atomic E-state index is 4.64. The molecule has 4 unspecified atom stereocenters. The summed E-state index contributed by atoms with van der Waals surface area (Å²) in [5.41, 5.74) is 2.64. The molecule has 3 heteroatoms. The molecule has 0 aromatic heterocycles. The molecule has 1 aliphatic heterocycles. The number of likely N-dealkylation sites (tertiary alicyclic amines) is 1. The van der Waals surface area contributed by atoms with Crippen LogP contribution in [0.5, 0.6) is 0 Å². The smallest absolute Gasteiger partial charge is 0.104 e. The van der Waals surface area contributed by atoms with Crippen LogP contribution >= 0.6 is 11.6 Å². The van der Waals surface area contributed by atoms with E-state index in [0.717, 1.165) is 38.0 Å². The second kappa shape index (κ2) is 13.4. The van der Waals surface area contributed by atoms with Gasteiger partial charge in [0, 0.05) is 47.7 Å². The monoisotopic (exact) mass is 495 g/mol. The first kappa shape index (κ1) is 29.4. The Morgan fingerprint density at radius 1 is 0.943 bits per heavy atom. The van der Waals surface area contributed by atoms with Crippen LogP contribution in [-0.4, -0.2) is 50.1 Å². The first-order valence-corrected chi connectivity index (χ1v) is 13.8. The van der Waals surface area contributed by atoms with Gasteiger partial charge in [0.15, 0.2) is 0 Å². The number of rotatable bonds is 9. The van der Waals surface area contributed by atoms with Gasteiger partial charge in [-0.25, -0.2) is 0 Å². The summed E-state index contributed by atoms with van der Waals surface area (Å²) in [5.74, 6) is 1.54. The van der Waals surface area contributed by atoms with Gasteiger partial charge in [-0.1, -0.05) is 86.8 Å². The highest BCUT2D eigenvalue weighted by Crippen LogP contribution is 2.31. The van der Waals surface area contributed by atoms with E-state index in [1.54, 1.807) is 0 Å². The molecule has 1 fully saturated rings. The van der Waals surface area contributed by atoms with Crippen LogP contribution in [0.25, 0.3) is 0 Å². The summed E-state index contributed by atoms with van der Waals surface area (Å²) in [4.78, 5) is 0. The fourth-order valence-corrected chi connectivity index (χ4v) is 5.75. The lowest BCUT2D eigenvalue weighted by molar-refractivity contribution is -0.933. The lowest BCUT2D eigenvalue weighted by Crippen LogP contribution is -2.59. The Kier molecular flexibility index (Phi) is 11.3. The van der Waals surface area contributed by atoms with Crippen molar-refractivity contribution >= 4 is 11.6 Å². The van der Waals surface area contributed by atoms with E-state index >= 15 is 0 Å². The zero-order valence-electron chi connectivity index (χ0n) is 22.8. The van der Waals surface area contributed by atoms with E-state index in [-0.39, 0.29) is 10.8 Å². The molecule has 3 aliphatic rings. The van der Waals surface area contributed by atoms with Crippen LogP contribution in [0.15, 0.2) is 97.2 Å². The highest BCUT2D eigenvalue weighted by molar-refractivity contribution is 6.15. The van der Waals surface area contributed by atoms with Gasteiger partial charge in [-0.15, -0.1) is 24.8 Å². The fraction of sp³-hybridized carbons (Fsp3) is 0.500. The number of halogens is 1. The largest absolute Gasteiger partial charge is 0.318 e. The Labute approximate surface area is 220 Å². The Hall–Kier alpha value is -1.87. The molecule has 35 heavy (non-hydrogen) atoms. The summed E-state index contributed by atoms with van der Waals surface area (Å²) < 4.78 is 1.17. The van der Waals surface area contributed by atoms with Crippen LogP contribution in [0.1, 0.15) is 34.1 Å².